The van der Waals surface area contributed by atoms with E-state index >= 15 is 0 Å². The number of aromatic hydroxyl groups is 2. The summed E-state index contributed by atoms with van der Waals surface area (Å²) < 4.78 is 0. The third-order valence-corrected chi connectivity index (χ3v) is 1.79. The zero-order valence-electron chi connectivity index (χ0n) is 6.76. The second kappa shape index (κ2) is 2.82. The standard InChI is InChI=1S/C9H12O2/c1-3-8-6(2)4-7(10)5-9(8)11/h4-5,10-11H,3H2,1-2H3. The fraction of sp³-hybridized carbons (Fsp3) is 0.333. The van der Waals surface area contributed by atoms with Gasteiger partial charge in [-0.15, -0.1) is 0 Å². The van der Waals surface area contributed by atoms with Gasteiger partial charge in [0.05, 0.1) is 0 Å². The number of phenols is 2. The lowest BCUT2D eigenvalue weighted by atomic mass is 10.1. The fourth-order valence-corrected chi connectivity index (χ4v) is 1.24. The van der Waals surface area contributed by atoms with Gasteiger partial charge in [0.2, 0.25) is 0 Å². The summed E-state index contributed by atoms with van der Waals surface area (Å²) in [5, 5.41) is 18.4. The monoisotopic (exact) mass is 152 g/mol. The number of hydrogen-bond acceptors (Lipinski definition) is 2. The maximum atomic E-state index is 9.31. The second-order valence-electron chi connectivity index (χ2n) is 2.61. The lowest BCUT2D eigenvalue weighted by molar-refractivity contribution is 0.445. The summed E-state index contributed by atoms with van der Waals surface area (Å²) in [6.07, 6.45) is 0.790. The Hall–Kier alpha value is -1.18. The first-order valence-corrected chi connectivity index (χ1v) is 3.66. The predicted molar refractivity (Wildman–Crippen MR) is 43.9 cm³/mol. The molecule has 0 aliphatic heterocycles. The minimum Gasteiger partial charge on any atom is -0.508 e. The molecule has 60 valence electrons. The van der Waals surface area contributed by atoms with Gasteiger partial charge in [0.1, 0.15) is 11.5 Å². The minimum atomic E-state index is 0.122. The van der Waals surface area contributed by atoms with Gasteiger partial charge in [-0.25, -0.2) is 0 Å². The maximum Gasteiger partial charge on any atom is 0.122 e. The predicted octanol–water partition coefficient (Wildman–Crippen LogP) is 1.97. The number of rotatable bonds is 1. The molecule has 0 amide bonds. The number of hydrogen-bond donors (Lipinski definition) is 2. The van der Waals surface area contributed by atoms with Crippen molar-refractivity contribution in [2.24, 2.45) is 0 Å². The largest absolute Gasteiger partial charge is 0.508 e. The van der Waals surface area contributed by atoms with Gasteiger partial charge in [-0.2, -0.15) is 0 Å². The molecule has 2 N–H and O–H groups in total. The van der Waals surface area contributed by atoms with Crippen LogP contribution in [0.2, 0.25) is 0 Å². The normalized spacial score (nSPS) is 10.0. The van der Waals surface area contributed by atoms with Crippen molar-refractivity contribution in [3.05, 3.63) is 23.3 Å². The van der Waals surface area contributed by atoms with E-state index in [0.29, 0.717) is 0 Å². The Labute approximate surface area is 66.1 Å². The highest BCUT2D eigenvalue weighted by atomic mass is 16.3. The molecule has 11 heavy (non-hydrogen) atoms. The number of benzene rings is 1. The highest BCUT2D eigenvalue weighted by Gasteiger charge is 2.03. The third-order valence-electron chi connectivity index (χ3n) is 1.79. The molecule has 0 unspecified atom stereocenters. The first-order valence-electron chi connectivity index (χ1n) is 3.66. The Morgan fingerprint density at radius 1 is 1.27 bits per heavy atom. The summed E-state index contributed by atoms with van der Waals surface area (Å²) in [5.74, 6) is 0.308. The van der Waals surface area contributed by atoms with Gasteiger partial charge in [0, 0.05) is 6.07 Å². The SMILES string of the molecule is CCc1c(C)cc(O)cc1O. The molecule has 0 saturated carbocycles. The van der Waals surface area contributed by atoms with E-state index in [-0.39, 0.29) is 11.5 Å². The first kappa shape index (κ1) is 7.92. The quantitative estimate of drug-likeness (QED) is 0.645. The van der Waals surface area contributed by atoms with Crippen molar-refractivity contribution in [2.45, 2.75) is 20.3 Å². The van der Waals surface area contributed by atoms with E-state index in [1.165, 1.54) is 6.07 Å². The summed E-state index contributed by atoms with van der Waals surface area (Å²) in [4.78, 5) is 0. The van der Waals surface area contributed by atoms with Crippen molar-refractivity contribution < 1.29 is 10.2 Å². The van der Waals surface area contributed by atoms with E-state index in [4.69, 9.17) is 5.11 Å². The van der Waals surface area contributed by atoms with E-state index in [2.05, 4.69) is 0 Å². The summed E-state index contributed by atoms with van der Waals surface area (Å²) in [6, 6.07) is 3.02. The molecule has 0 heterocycles. The number of aryl methyl sites for hydroxylation is 1. The molecule has 1 aromatic carbocycles. The molecule has 0 atom stereocenters. The van der Waals surface area contributed by atoms with Crippen LogP contribution in [-0.4, -0.2) is 10.2 Å². The van der Waals surface area contributed by atoms with Crippen LogP contribution in [0.15, 0.2) is 12.1 Å². The van der Waals surface area contributed by atoms with Gasteiger partial charge >= 0.3 is 0 Å². The maximum absolute atomic E-state index is 9.31. The van der Waals surface area contributed by atoms with Crippen molar-refractivity contribution in [1.29, 1.82) is 0 Å². The van der Waals surface area contributed by atoms with E-state index in [1.54, 1.807) is 6.07 Å². The van der Waals surface area contributed by atoms with Crippen LogP contribution >= 0.6 is 0 Å². The zero-order chi connectivity index (χ0) is 8.43. The van der Waals surface area contributed by atoms with Crippen LogP contribution in [0.4, 0.5) is 0 Å². The molecule has 0 saturated heterocycles. The average molecular weight is 152 g/mol. The van der Waals surface area contributed by atoms with Gasteiger partial charge in [0.25, 0.3) is 0 Å². The van der Waals surface area contributed by atoms with Crippen LogP contribution in [0.25, 0.3) is 0 Å². The van der Waals surface area contributed by atoms with Crippen molar-refractivity contribution in [2.75, 3.05) is 0 Å². The first-order chi connectivity index (χ1) is 5.15. The van der Waals surface area contributed by atoms with E-state index in [9.17, 15) is 5.11 Å². The molecule has 2 nitrogen and oxygen atoms in total. The van der Waals surface area contributed by atoms with E-state index in [1.807, 2.05) is 13.8 Å². The molecule has 0 aliphatic carbocycles. The molecule has 1 rings (SSSR count). The smallest absolute Gasteiger partial charge is 0.122 e. The topological polar surface area (TPSA) is 40.5 Å². The summed E-state index contributed by atoms with van der Waals surface area (Å²) >= 11 is 0. The Morgan fingerprint density at radius 3 is 2.36 bits per heavy atom. The van der Waals surface area contributed by atoms with Crippen LogP contribution in [0.1, 0.15) is 18.1 Å². The highest BCUT2D eigenvalue weighted by molar-refractivity contribution is 5.44. The summed E-state index contributed by atoms with van der Waals surface area (Å²) in [5.41, 5.74) is 1.84. The lowest BCUT2D eigenvalue weighted by Crippen LogP contribution is -1.86. The van der Waals surface area contributed by atoms with Crippen molar-refractivity contribution in [3.63, 3.8) is 0 Å². The van der Waals surface area contributed by atoms with E-state index in [0.717, 1.165) is 17.5 Å². The average Bonchev–Trinajstić information content (AvgIpc) is 1.85. The Balaban J connectivity index is 3.25. The van der Waals surface area contributed by atoms with Gasteiger partial charge < -0.3 is 10.2 Å². The lowest BCUT2D eigenvalue weighted by Gasteiger charge is -2.05. The summed E-state index contributed by atoms with van der Waals surface area (Å²) in [7, 11) is 0. The molecular weight excluding hydrogens is 140 g/mol. The second-order valence-corrected chi connectivity index (χ2v) is 2.61. The van der Waals surface area contributed by atoms with E-state index < -0.39 is 0 Å². The van der Waals surface area contributed by atoms with Crippen LogP contribution in [0.5, 0.6) is 11.5 Å². The minimum absolute atomic E-state index is 0.122. The molecule has 0 spiro atoms. The van der Waals surface area contributed by atoms with Crippen LogP contribution in [0.3, 0.4) is 0 Å². The molecule has 2 heteroatoms. The summed E-state index contributed by atoms with van der Waals surface area (Å²) in [6.45, 7) is 3.84. The molecular formula is C9H12O2. The highest BCUT2D eigenvalue weighted by Crippen LogP contribution is 2.26. The van der Waals surface area contributed by atoms with Crippen LogP contribution in [-0.2, 0) is 6.42 Å². The fourth-order valence-electron chi connectivity index (χ4n) is 1.24. The zero-order valence-corrected chi connectivity index (χ0v) is 6.76. The van der Waals surface area contributed by atoms with Crippen molar-refractivity contribution in [3.8, 4) is 11.5 Å². The Morgan fingerprint density at radius 2 is 1.91 bits per heavy atom. The van der Waals surface area contributed by atoms with Gasteiger partial charge in [0.15, 0.2) is 0 Å². The van der Waals surface area contributed by atoms with Crippen molar-refractivity contribution >= 4 is 0 Å². The molecule has 1 aromatic rings. The molecule has 0 radical (unpaired) electrons. The number of phenolic OH excluding ortho intramolecular Hbond substituents is 2. The molecule has 0 aromatic heterocycles. The van der Waals surface area contributed by atoms with Crippen LogP contribution in [0, 0.1) is 6.92 Å². The Kier molecular flexibility index (Phi) is 2.03. The molecule has 0 aliphatic rings. The van der Waals surface area contributed by atoms with Crippen molar-refractivity contribution in [1.82, 2.24) is 0 Å². The Bertz CT molecular complexity index is 243. The van der Waals surface area contributed by atoms with Gasteiger partial charge in [-0.1, -0.05) is 6.92 Å². The molecule has 0 fully saturated rings. The third kappa shape index (κ3) is 1.45. The van der Waals surface area contributed by atoms with Crippen LogP contribution < -0.4 is 0 Å². The van der Waals surface area contributed by atoms with Gasteiger partial charge in [-0.05, 0) is 30.5 Å². The molecule has 0 bridgehead atoms. The van der Waals surface area contributed by atoms with Gasteiger partial charge in [-0.3, -0.25) is 0 Å².